The number of benzene rings is 2. The summed E-state index contributed by atoms with van der Waals surface area (Å²) in [6.07, 6.45) is 0. The fraction of sp³-hybridized carbons (Fsp3) is 0. The maximum atomic E-state index is 3.05. The smallest absolute Gasteiger partial charge is 0.0421 e. The molecule has 0 spiro atoms. The van der Waals surface area contributed by atoms with Gasteiger partial charge in [-0.25, -0.2) is 0 Å². The van der Waals surface area contributed by atoms with Crippen LogP contribution in [0, 0.1) is 6.07 Å². The number of thiophene rings is 1. The molecule has 1 radical (unpaired) electrons. The van der Waals surface area contributed by atoms with Crippen molar-refractivity contribution >= 4 is 21.4 Å². The highest BCUT2D eigenvalue weighted by atomic mass is 32.1. The van der Waals surface area contributed by atoms with Crippen LogP contribution in [0.25, 0.3) is 21.2 Å². The molecule has 1 aromatic heterocycles. The summed E-state index contributed by atoms with van der Waals surface area (Å²) in [4.78, 5) is 0. The standard InChI is InChI=1S/C14H9S/c1-2-5-11(6-3-1)13-8-4-7-12-9-10-15-14(12)13/h2-10H. The summed E-state index contributed by atoms with van der Waals surface area (Å²) in [5.74, 6) is 0. The van der Waals surface area contributed by atoms with E-state index in [0.717, 1.165) is 0 Å². The van der Waals surface area contributed by atoms with Crippen LogP contribution in [-0.4, -0.2) is 0 Å². The molecule has 0 fully saturated rings. The monoisotopic (exact) mass is 209 g/mol. The minimum atomic E-state index is 1.27. The van der Waals surface area contributed by atoms with E-state index < -0.39 is 0 Å². The quantitative estimate of drug-likeness (QED) is 0.558. The van der Waals surface area contributed by atoms with Gasteiger partial charge in [-0.15, -0.1) is 11.3 Å². The van der Waals surface area contributed by atoms with E-state index >= 15 is 0 Å². The molecule has 0 unspecified atom stereocenters. The van der Waals surface area contributed by atoms with Crippen LogP contribution in [0.3, 0.4) is 0 Å². The predicted octanol–water partition coefficient (Wildman–Crippen LogP) is 4.37. The first-order valence-corrected chi connectivity index (χ1v) is 5.76. The van der Waals surface area contributed by atoms with Crippen molar-refractivity contribution in [1.29, 1.82) is 0 Å². The van der Waals surface area contributed by atoms with Crippen molar-refractivity contribution in [2.75, 3.05) is 0 Å². The minimum Gasteiger partial charge on any atom is -0.143 e. The fourth-order valence-electron chi connectivity index (χ4n) is 1.79. The second-order valence-corrected chi connectivity index (χ2v) is 4.35. The zero-order valence-corrected chi connectivity index (χ0v) is 8.92. The van der Waals surface area contributed by atoms with Crippen LogP contribution >= 0.6 is 11.3 Å². The molecule has 0 atom stereocenters. The number of hydrogen-bond donors (Lipinski definition) is 0. The third kappa shape index (κ3) is 1.45. The highest BCUT2D eigenvalue weighted by Crippen LogP contribution is 2.31. The van der Waals surface area contributed by atoms with Gasteiger partial charge in [0.15, 0.2) is 0 Å². The number of rotatable bonds is 1. The maximum Gasteiger partial charge on any atom is 0.0421 e. The van der Waals surface area contributed by atoms with Gasteiger partial charge in [-0.2, -0.15) is 0 Å². The van der Waals surface area contributed by atoms with Crippen molar-refractivity contribution in [3.05, 3.63) is 60.0 Å². The lowest BCUT2D eigenvalue weighted by molar-refractivity contribution is 1.66. The second-order valence-electron chi connectivity index (χ2n) is 3.43. The first kappa shape index (κ1) is 8.69. The first-order chi connectivity index (χ1) is 7.45. The molecule has 0 bridgehead atoms. The van der Waals surface area contributed by atoms with Crippen LogP contribution in [0.1, 0.15) is 0 Å². The van der Waals surface area contributed by atoms with Gasteiger partial charge in [0.25, 0.3) is 0 Å². The Bertz CT molecular complexity index is 578. The molecule has 0 N–H and O–H groups in total. The van der Waals surface area contributed by atoms with Crippen LogP contribution in [0.15, 0.2) is 53.9 Å². The van der Waals surface area contributed by atoms with Crippen LogP contribution in [0.5, 0.6) is 0 Å². The van der Waals surface area contributed by atoms with E-state index in [0.29, 0.717) is 0 Å². The van der Waals surface area contributed by atoms with E-state index in [2.05, 4.69) is 47.8 Å². The van der Waals surface area contributed by atoms with Gasteiger partial charge < -0.3 is 0 Å². The Morgan fingerprint density at radius 2 is 1.80 bits per heavy atom. The summed E-state index contributed by atoms with van der Waals surface area (Å²) in [7, 11) is 0. The molecule has 0 nitrogen and oxygen atoms in total. The molecule has 71 valence electrons. The van der Waals surface area contributed by atoms with Gasteiger partial charge in [0, 0.05) is 4.70 Å². The van der Waals surface area contributed by atoms with E-state index in [9.17, 15) is 0 Å². The minimum absolute atomic E-state index is 1.27. The Morgan fingerprint density at radius 3 is 2.67 bits per heavy atom. The second kappa shape index (κ2) is 3.52. The molecule has 0 saturated heterocycles. The Morgan fingerprint density at radius 1 is 0.933 bits per heavy atom. The summed E-state index contributed by atoms with van der Waals surface area (Å²) < 4.78 is 1.36. The molecule has 15 heavy (non-hydrogen) atoms. The molecule has 0 aliphatic heterocycles. The average molecular weight is 209 g/mol. The van der Waals surface area contributed by atoms with Crippen LogP contribution in [-0.2, 0) is 0 Å². The summed E-state index contributed by atoms with van der Waals surface area (Å²) in [6, 6.07) is 19.8. The number of hydrogen-bond acceptors (Lipinski definition) is 1. The lowest BCUT2D eigenvalue weighted by Crippen LogP contribution is -1.76. The van der Waals surface area contributed by atoms with E-state index in [1.807, 2.05) is 12.1 Å². The van der Waals surface area contributed by atoms with Crippen molar-refractivity contribution in [3.63, 3.8) is 0 Å². The van der Waals surface area contributed by atoms with Crippen molar-refractivity contribution in [2.24, 2.45) is 0 Å². The molecule has 0 amide bonds. The highest BCUT2D eigenvalue weighted by molar-refractivity contribution is 7.17. The number of fused-ring (bicyclic) bond motifs is 1. The van der Waals surface area contributed by atoms with Gasteiger partial charge in [-0.3, -0.25) is 0 Å². The van der Waals surface area contributed by atoms with Gasteiger partial charge >= 0.3 is 0 Å². The molecule has 1 heteroatoms. The van der Waals surface area contributed by atoms with Gasteiger partial charge in [0.1, 0.15) is 0 Å². The van der Waals surface area contributed by atoms with E-state index in [4.69, 9.17) is 0 Å². The molecule has 2 aromatic carbocycles. The lowest BCUT2D eigenvalue weighted by atomic mass is 10.0. The lowest BCUT2D eigenvalue weighted by Gasteiger charge is -2.02. The first-order valence-electron chi connectivity index (χ1n) is 4.88. The van der Waals surface area contributed by atoms with Crippen molar-refractivity contribution < 1.29 is 0 Å². The Balaban J connectivity index is 2.31. The van der Waals surface area contributed by atoms with Gasteiger partial charge in [-0.1, -0.05) is 42.5 Å². The van der Waals surface area contributed by atoms with Crippen molar-refractivity contribution in [1.82, 2.24) is 0 Å². The molecule has 0 aliphatic carbocycles. The molecular formula is C14H9S. The highest BCUT2D eigenvalue weighted by Gasteiger charge is 2.03. The summed E-state index contributed by atoms with van der Waals surface area (Å²) in [5.41, 5.74) is 2.58. The zero-order valence-electron chi connectivity index (χ0n) is 8.10. The zero-order chi connectivity index (χ0) is 10.1. The van der Waals surface area contributed by atoms with E-state index in [-0.39, 0.29) is 0 Å². The summed E-state index contributed by atoms with van der Waals surface area (Å²) in [5, 5.41) is 3.47. The van der Waals surface area contributed by atoms with Crippen molar-refractivity contribution in [2.45, 2.75) is 0 Å². The third-order valence-corrected chi connectivity index (χ3v) is 3.47. The van der Waals surface area contributed by atoms with Gasteiger partial charge in [-0.05, 0) is 34.0 Å². The Hall–Kier alpha value is -1.60. The van der Waals surface area contributed by atoms with Gasteiger partial charge in [0.05, 0.1) is 0 Å². The normalized spacial score (nSPS) is 10.7. The summed E-state index contributed by atoms with van der Waals surface area (Å²) in [6.45, 7) is 0. The Labute approximate surface area is 92.8 Å². The van der Waals surface area contributed by atoms with Crippen LogP contribution < -0.4 is 0 Å². The SMILES string of the molecule is [c]1ccc(-c2cccc3ccsc23)cc1. The maximum absolute atomic E-state index is 3.05. The van der Waals surface area contributed by atoms with Gasteiger partial charge in [0.2, 0.25) is 0 Å². The summed E-state index contributed by atoms with van der Waals surface area (Å²) >= 11 is 1.80. The van der Waals surface area contributed by atoms with Crippen molar-refractivity contribution in [3.8, 4) is 11.1 Å². The third-order valence-electron chi connectivity index (χ3n) is 2.51. The topological polar surface area (TPSA) is 0 Å². The molecule has 1 heterocycles. The molecular weight excluding hydrogens is 200 g/mol. The average Bonchev–Trinajstić information content (AvgIpc) is 2.78. The molecule has 0 saturated carbocycles. The predicted molar refractivity (Wildman–Crippen MR) is 66.1 cm³/mol. The van der Waals surface area contributed by atoms with E-state index in [1.165, 1.54) is 21.2 Å². The van der Waals surface area contributed by atoms with Crippen LogP contribution in [0.2, 0.25) is 0 Å². The fourth-order valence-corrected chi connectivity index (χ4v) is 2.72. The Kier molecular flexibility index (Phi) is 2.04. The largest absolute Gasteiger partial charge is 0.143 e. The van der Waals surface area contributed by atoms with E-state index in [1.54, 1.807) is 11.3 Å². The molecule has 3 aromatic rings. The van der Waals surface area contributed by atoms with Crippen LogP contribution in [0.4, 0.5) is 0 Å². The molecule has 3 rings (SSSR count). The molecule has 0 aliphatic rings.